The first kappa shape index (κ1) is 14.7. The van der Waals surface area contributed by atoms with E-state index in [2.05, 4.69) is 15.9 Å². The highest BCUT2D eigenvalue weighted by Crippen LogP contribution is 2.36. The van der Waals surface area contributed by atoms with Gasteiger partial charge in [-0.3, -0.25) is 0 Å². The molecule has 2 rings (SSSR count). The van der Waals surface area contributed by atoms with Crippen LogP contribution in [0.25, 0.3) is 0 Å². The molecule has 1 atom stereocenters. The van der Waals surface area contributed by atoms with Crippen molar-refractivity contribution in [2.24, 2.45) is 0 Å². The molecule has 0 aliphatic heterocycles. The average molecular weight is 370 g/mol. The molecule has 0 saturated heterocycles. The van der Waals surface area contributed by atoms with Gasteiger partial charge in [0.15, 0.2) is 11.6 Å². The lowest BCUT2D eigenvalue weighted by atomic mass is 10.0. The molecule has 19 heavy (non-hydrogen) atoms. The van der Waals surface area contributed by atoms with Crippen LogP contribution in [0.3, 0.4) is 0 Å². The van der Waals surface area contributed by atoms with Crippen molar-refractivity contribution in [2.45, 2.75) is 5.38 Å². The first-order valence-corrected chi connectivity index (χ1v) is 6.73. The molecule has 2 aromatic rings. The summed E-state index contributed by atoms with van der Waals surface area (Å²) in [5, 5.41) is -0.895. The van der Waals surface area contributed by atoms with E-state index in [4.69, 9.17) is 23.2 Å². The summed E-state index contributed by atoms with van der Waals surface area (Å²) < 4.78 is 40.0. The second kappa shape index (κ2) is 5.73. The summed E-state index contributed by atoms with van der Waals surface area (Å²) in [5.74, 6) is -2.60. The molecule has 0 N–H and O–H groups in total. The molecular formula is C13H6BrCl2F3. The summed E-state index contributed by atoms with van der Waals surface area (Å²) in [7, 11) is 0. The normalized spacial score (nSPS) is 12.5. The minimum Gasteiger partial charge on any atom is -0.207 e. The third kappa shape index (κ3) is 3.25. The van der Waals surface area contributed by atoms with Crippen LogP contribution in [0.4, 0.5) is 13.2 Å². The predicted octanol–water partition coefficient (Wildman–Crippen LogP) is 5.85. The number of hydrogen-bond acceptors (Lipinski definition) is 0. The average Bonchev–Trinajstić information content (AvgIpc) is 2.31. The fourth-order valence-corrected chi connectivity index (χ4v) is 2.74. The van der Waals surface area contributed by atoms with Crippen LogP contribution in [0.15, 0.2) is 34.8 Å². The van der Waals surface area contributed by atoms with E-state index < -0.39 is 22.8 Å². The van der Waals surface area contributed by atoms with Crippen LogP contribution in [0, 0.1) is 17.5 Å². The largest absolute Gasteiger partial charge is 0.207 e. The first-order chi connectivity index (χ1) is 8.88. The van der Waals surface area contributed by atoms with Crippen LogP contribution < -0.4 is 0 Å². The Morgan fingerprint density at radius 2 is 1.58 bits per heavy atom. The zero-order valence-corrected chi connectivity index (χ0v) is 12.3. The summed E-state index contributed by atoms with van der Waals surface area (Å²) >= 11 is 15.1. The van der Waals surface area contributed by atoms with Crippen molar-refractivity contribution in [3.63, 3.8) is 0 Å². The molecular weight excluding hydrogens is 364 g/mol. The standard InChI is InChI=1S/C13H6BrCl2F3/c14-7-1-6(2-8(17)3-7)13(16)9-4-11(18)12(19)5-10(9)15/h1-5,13H. The third-order valence-electron chi connectivity index (χ3n) is 2.49. The Morgan fingerprint density at radius 3 is 2.21 bits per heavy atom. The lowest BCUT2D eigenvalue weighted by Crippen LogP contribution is -1.98. The molecule has 0 nitrogen and oxygen atoms in total. The van der Waals surface area contributed by atoms with Crippen molar-refractivity contribution in [3.05, 3.63) is 68.4 Å². The molecule has 0 saturated carbocycles. The van der Waals surface area contributed by atoms with Gasteiger partial charge in [-0.1, -0.05) is 27.5 Å². The second-order valence-electron chi connectivity index (χ2n) is 3.85. The first-order valence-electron chi connectivity index (χ1n) is 5.13. The van der Waals surface area contributed by atoms with Gasteiger partial charge in [0.2, 0.25) is 0 Å². The third-order valence-corrected chi connectivity index (χ3v) is 3.76. The molecule has 0 radical (unpaired) electrons. The minimum atomic E-state index is -1.06. The second-order valence-corrected chi connectivity index (χ2v) is 5.61. The van der Waals surface area contributed by atoms with Crippen LogP contribution in [-0.4, -0.2) is 0 Å². The highest BCUT2D eigenvalue weighted by Gasteiger charge is 2.18. The van der Waals surface area contributed by atoms with Gasteiger partial charge in [0.25, 0.3) is 0 Å². The number of benzene rings is 2. The van der Waals surface area contributed by atoms with E-state index in [1.54, 1.807) is 6.07 Å². The van der Waals surface area contributed by atoms with E-state index in [9.17, 15) is 13.2 Å². The van der Waals surface area contributed by atoms with E-state index >= 15 is 0 Å². The quantitative estimate of drug-likeness (QED) is 0.460. The maximum Gasteiger partial charge on any atom is 0.160 e. The summed E-state index contributed by atoms with van der Waals surface area (Å²) in [6, 6.07) is 5.81. The Balaban J connectivity index is 2.49. The molecule has 2 aromatic carbocycles. The smallest absolute Gasteiger partial charge is 0.160 e. The van der Waals surface area contributed by atoms with Crippen molar-refractivity contribution < 1.29 is 13.2 Å². The lowest BCUT2D eigenvalue weighted by molar-refractivity contribution is 0.507. The summed E-state index contributed by atoms with van der Waals surface area (Å²) in [5.41, 5.74) is 0.571. The molecule has 0 aliphatic carbocycles. The predicted molar refractivity (Wildman–Crippen MR) is 73.2 cm³/mol. The van der Waals surface area contributed by atoms with E-state index in [0.717, 1.165) is 12.1 Å². The molecule has 6 heteroatoms. The van der Waals surface area contributed by atoms with Gasteiger partial charge in [0.05, 0.1) is 5.38 Å². The van der Waals surface area contributed by atoms with Gasteiger partial charge in [0, 0.05) is 9.50 Å². The molecule has 0 spiro atoms. The van der Waals surface area contributed by atoms with Gasteiger partial charge in [-0.05, 0) is 41.5 Å². The van der Waals surface area contributed by atoms with Crippen LogP contribution >= 0.6 is 39.1 Å². The Morgan fingerprint density at radius 1 is 0.947 bits per heavy atom. The molecule has 0 fully saturated rings. The van der Waals surface area contributed by atoms with E-state index in [1.807, 2.05) is 0 Å². The molecule has 0 bridgehead atoms. The fraction of sp³-hybridized carbons (Fsp3) is 0.0769. The summed E-state index contributed by atoms with van der Waals surface area (Å²) in [4.78, 5) is 0. The highest BCUT2D eigenvalue weighted by molar-refractivity contribution is 9.10. The van der Waals surface area contributed by atoms with Crippen molar-refractivity contribution >= 4 is 39.1 Å². The van der Waals surface area contributed by atoms with Crippen LogP contribution in [-0.2, 0) is 0 Å². The topological polar surface area (TPSA) is 0 Å². The monoisotopic (exact) mass is 368 g/mol. The van der Waals surface area contributed by atoms with E-state index in [0.29, 0.717) is 10.0 Å². The number of halogens is 6. The fourth-order valence-electron chi connectivity index (χ4n) is 1.63. The SMILES string of the molecule is Fc1cc(Br)cc(C(Cl)c2cc(F)c(F)cc2Cl)c1. The van der Waals surface area contributed by atoms with Gasteiger partial charge in [-0.2, -0.15) is 0 Å². The van der Waals surface area contributed by atoms with Crippen LogP contribution in [0.2, 0.25) is 5.02 Å². The van der Waals surface area contributed by atoms with Crippen LogP contribution in [0.5, 0.6) is 0 Å². The van der Waals surface area contributed by atoms with E-state index in [-0.39, 0.29) is 10.6 Å². The zero-order valence-electron chi connectivity index (χ0n) is 9.23. The molecule has 0 amide bonds. The Kier molecular flexibility index (Phi) is 4.43. The Bertz CT molecular complexity index is 611. The van der Waals surface area contributed by atoms with Gasteiger partial charge in [-0.15, -0.1) is 11.6 Å². The zero-order chi connectivity index (χ0) is 14.2. The Labute approximate surface area is 126 Å². The van der Waals surface area contributed by atoms with E-state index in [1.165, 1.54) is 12.1 Å². The molecule has 100 valence electrons. The summed E-state index contributed by atoms with van der Waals surface area (Å²) in [6.45, 7) is 0. The van der Waals surface area contributed by atoms with Gasteiger partial charge in [-0.25, -0.2) is 13.2 Å². The summed E-state index contributed by atoms with van der Waals surface area (Å²) in [6.07, 6.45) is 0. The molecule has 1 unspecified atom stereocenters. The highest BCUT2D eigenvalue weighted by atomic mass is 79.9. The molecule has 0 heterocycles. The number of rotatable bonds is 2. The maximum atomic E-state index is 13.3. The molecule has 0 aromatic heterocycles. The maximum absolute atomic E-state index is 13.3. The van der Waals surface area contributed by atoms with Gasteiger partial charge in [0.1, 0.15) is 5.82 Å². The number of alkyl halides is 1. The Hall–Kier alpha value is -0.710. The number of hydrogen-bond donors (Lipinski definition) is 0. The lowest BCUT2D eigenvalue weighted by Gasteiger charge is -2.13. The minimum absolute atomic E-state index is 0.0146. The van der Waals surface area contributed by atoms with Crippen molar-refractivity contribution in [1.82, 2.24) is 0 Å². The molecule has 0 aliphatic rings. The van der Waals surface area contributed by atoms with Crippen molar-refractivity contribution in [3.8, 4) is 0 Å². The van der Waals surface area contributed by atoms with Gasteiger partial charge < -0.3 is 0 Å². The van der Waals surface area contributed by atoms with Gasteiger partial charge >= 0.3 is 0 Å². The van der Waals surface area contributed by atoms with Crippen molar-refractivity contribution in [2.75, 3.05) is 0 Å². The van der Waals surface area contributed by atoms with Crippen LogP contribution in [0.1, 0.15) is 16.5 Å². The van der Waals surface area contributed by atoms with Crippen molar-refractivity contribution in [1.29, 1.82) is 0 Å².